The molecule has 5 N–H and O–H groups in total. The van der Waals surface area contributed by atoms with Crippen molar-refractivity contribution < 1.29 is 34.4 Å². The predicted molar refractivity (Wildman–Crippen MR) is 86.7 cm³/mol. The minimum atomic E-state index is -1.38. The van der Waals surface area contributed by atoms with Crippen LogP contribution in [0.25, 0.3) is 0 Å². The van der Waals surface area contributed by atoms with Gasteiger partial charge in [0.15, 0.2) is 0 Å². The second-order valence-corrected chi connectivity index (χ2v) is 5.76. The number of aliphatic hydroxyl groups is 3. The second-order valence-electron chi connectivity index (χ2n) is 5.76. The lowest BCUT2D eigenvalue weighted by atomic mass is 9.97. The highest BCUT2D eigenvalue weighted by Crippen LogP contribution is 2.25. The molecule has 1 aliphatic rings. The number of nitrogens with one attached hydrogen (secondary N) is 2. The number of carbonyl (C=O) groups excluding carboxylic acids is 2. The van der Waals surface area contributed by atoms with Gasteiger partial charge in [-0.3, -0.25) is 9.59 Å². The summed E-state index contributed by atoms with van der Waals surface area (Å²) in [5.41, 5.74) is 0.575. The van der Waals surface area contributed by atoms with Crippen LogP contribution in [0, 0.1) is 0 Å². The van der Waals surface area contributed by atoms with Crippen molar-refractivity contribution in [1.82, 2.24) is 5.32 Å². The van der Waals surface area contributed by atoms with Gasteiger partial charge in [0.2, 0.25) is 18.1 Å². The SMILES string of the molecule is CC(=O)Nc1ccc(O[C@@H]2O[C@@H](CO)[C@@H](O)[C@@H](O)[C@H]2NC(C)=O)cc1. The molecule has 0 radical (unpaired) electrons. The zero-order chi connectivity index (χ0) is 18.6. The molecule has 2 rings (SSSR count). The molecule has 0 aliphatic carbocycles. The summed E-state index contributed by atoms with van der Waals surface area (Å²) in [5.74, 6) is -0.287. The molecule has 0 saturated carbocycles. The van der Waals surface area contributed by atoms with E-state index >= 15 is 0 Å². The third kappa shape index (κ3) is 4.89. The molecule has 0 aromatic heterocycles. The fourth-order valence-electron chi connectivity index (χ4n) is 2.53. The Hall–Kier alpha value is -2.20. The number of ether oxygens (including phenoxy) is 2. The van der Waals surface area contributed by atoms with Gasteiger partial charge in [0.25, 0.3) is 0 Å². The third-order valence-corrected chi connectivity index (χ3v) is 3.68. The van der Waals surface area contributed by atoms with E-state index in [9.17, 15) is 24.9 Å². The molecule has 0 spiro atoms. The van der Waals surface area contributed by atoms with E-state index in [1.165, 1.54) is 13.8 Å². The molecule has 9 nitrogen and oxygen atoms in total. The molecule has 9 heteroatoms. The number of aliphatic hydroxyl groups excluding tert-OH is 3. The molecule has 1 heterocycles. The van der Waals surface area contributed by atoms with Crippen LogP contribution < -0.4 is 15.4 Å². The Balaban J connectivity index is 2.15. The molecule has 0 bridgehead atoms. The molecular formula is C16H22N2O7. The molecule has 2 amide bonds. The third-order valence-electron chi connectivity index (χ3n) is 3.68. The molecule has 1 fully saturated rings. The van der Waals surface area contributed by atoms with Crippen LogP contribution in [0.1, 0.15) is 13.8 Å². The standard InChI is InChI=1S/C16H22N2O7/c1-8(20)17-10-3-5-11(6-4-10)24-16-13(18-9(2)21)15(23)14(22)12(7-19)25-16/h3-6,12-16,19,22-23H,7H2,1-2H3,(H,17,20)(H,18,21)/t12-,13+,14+,15-,16+/m0/s1. The van der Waals surface area contributed by atoms with Crippen molar-refractivity contribution in [3.05, 3.63) is 24.3 Å². The molecule has 1 aromatic rings. The predicted octanol–water partition coefficient (Wildman–Crippen LogP) is -1.03. The number of hydrogen-bond donors (Lipinski definition) is 5. The lowest BCUT2D eigenvalue weighted by Gasteiger charge is -2.42. The second kappa shape index (κ2) is 8.26. The number of benzene rings is 1. The molecule has 1 aromatic carbocycles. The highest BCUT2D eigenvalue weighted by atomic mass is 16.7. The first kappa shape index (κ1) is 19.1. The number of hydrogen-bond acceptors (Lipinski definition) is 7. The summed E-state index contributed by atoms with van der Waals surface area (Å²) in [6.07, 6.45) is -4.92. The molecular weight excluding hydrogens is 332 g/mol. The first-order valence-corrected chi connectivity index (χ1v) is 7.75. The summed E-state index contributed by atoms with van der Waals surface area (Å²) in [7, 11) is 0. The fourth-order valence-corrected chi connectivity index (χ4v) is 2.53. The topological polar surface area (TPSA) is 137 Å². The normalized spacial score (nSPS) is 28.9. The monoisotopic (exact) mass is 354 g/mol. The Morgan fingerprint density at radius 1 is 1.12 bits per heavy atom. The van der Waals surface area contributed by atoms with E-state index in [2.05, 4.69) is 10.6 Å². The van der Waals surface area contributed by atoms with E-state index in [1.807, 2.05) is 0 Å². The van der Waals surface area contributed by atoms with Gasteiger partial charge in [-0.05, 0) is 24.3 Å². The fraction of sp³-hybridized carbons (Fsp3) is 0.500. The van der Waals surface area contributed by atoms with E-state index in [0.29, 0.717) is 11.4 Å². The van der Waals surface area contributed by atoms with Crippen LogP contribution in [-0.4, -0.2) is 64.4 Å². The maximum Gasteiger partial charge on any atom is 0.223 e. The van der Waals surface area contributed by atoms with Crippen LogP contribution in [-0.2, 0) is 14.3 Å². The van der Waals surface area contributed by atoms with Crippen molar-refractivity contribution in [2.45, 2.75) is 44.5 Å². The van der Waals surface area contributed by atoms with E-state index < -0.39 is 43.2 Å². The maximum atomic E-state index is 11.4. The lowest BCUT2D eigenvalue weighted by molar-refractivity contribution is -0.244. The summed E-state index contributed by atoms with van der Waals surface area (Å²) in [6.45, 7) is 2.13. The Kier molecular flexibility index (Phi) is 6.32. The number of rotatable bonds is 5. The Bertz CT molecular complexity index is 607. The van der Waals surface area contributed by atoms with Crippen LogP contribution in [0.15, 0.2) is 24.3 Å². The Labute approximate surface area is 144 Å². The van der Waals surface area contributed by atoms with Gasteiger partial charge in [-0.25, -0.2) is 0 Å². The van der Waals surface area contributed by atoms with Crippen molar-refractivity contribution in [2.75, 3.05) is 11.9 Å². The number of anilines is 1. The lowest BCUT2D eigenvalue weighted by Crippen LogP contribution is -2.65. The van der Waals surface area contributed by atoms with E-state index in [-0.39, 0.29) is 5.91 Å². The maximum absolute atomic E-state index is 11.4. The molecule has 1 saturated heterocycles. The summed E-state index contributed by atoms with van der Waals surface area (Å²) >= 11 is 0. The van der Waals surface area contributed by atoms with Crippen molar-refractivity contribution in [3.8, 4) is 5.75 Å². The summed E-state index contributed by atoms with van der Waals surface area (Å²) < 4.78 is 11.1. The molecule has 0 unspecified atom stereocenters. The van der Waals surface area contributed by atoms with E-state index in [4.69, 9.17) is 9.47 Å². The first-order chi connectivity index (χ1) is 11.8. The summed E-state index contributed by atoms with van der Waals surface area (Å²) in [5, 5.41) is 34.5. The first-order valence-electron chi connectivity index (χ1n) is 7.75. The smallest absolute Gasteiger partial charge is 0.223 e. The zero-order valence-electron chi connectivity index (χ0n) is 13.9. The van der Waals surface area contributed by atoms with Gasteiger partial charge in [-0.15, -0.1) is 0 Å². The van der Waals surface area contributed by atoms with Crippen molar-refractivity contribution in [3.63, 3.8) is 0 Å². The van der Waals surface area contributed by atoms with Gasteiger partial charge in [-0.1, -0.05) is 0 Å². The number of amides is 2. The van der Waals surface area contributed by atoms with Crippen molar-refractivity contribution >= 4 is 17.5 Å². The molecule has 1 aliphatic heterocycles. The van der Waals surface area contributed by atoms with Gasteiger partial charge in [0.1, 0.15) is 30.1 Å². The summed E-state index contributed by atoms with van der Waals surface area (Å²) in [6, 6.07) is 5.35. The van der Waals surface area contributed by atoms with Crippen LogP contribution in [0.2, 0.25) is 0 Å². The number of carbonyl (C=O) groups is 2. The van der Waals surface area contributed by atoms with E-state index in [1.54, 1.807) is 24.3 Å². The van der Waals surface area contributed by atoms with E-state index in [0.717, 1.165) is 0 Å². The summed E-state index contributed by atoms with van der Waals surface area (Å²) in [4.78, 5) is 22.4. The van der Waals surface area contributed by atoms with Crippen LogP contribution in [0.3, 0.4) is 0 Å². The average molecular weight is 354 g/mol. The quantitative estimate of drug-likeness (QED) is 0.456. The van der Waals surface area contributed by atoms with Gasteiger partial charge in [-0.2, -0.15) is 0 Å². The van der Waals surface area contributed by atoms with Crippen molar-refractivity contribution in [1.29, 1.82) is 0 Å². The molecule has 138 valence electrons. The van der Waals surface area contributed by atoms with Crippen LogP contribution >= 0.6 is 0 Å². The van der Waals surface area contributed by atoms with Crippen molar-refractivity contribution in [2.24, 2.45) is 0 Å². The molecule has 25 heavy (non-hydrogen) atoms. The Morgan fingerprint density at radius 2 is 1.76 bits per heavy atom. The van der Waals surface area contributed by atoms with Gasteiger partial charge < -0.3 is 35.4 Å². The minimum absolute atomic E-state index is 0.210. The average Bonchev–Trinajstić information content (AvgIpc) is 2.55. The largest absolute Gasteiger partial charge is 0.463 e. The minimum Gasteiger partial charge on any atom is -0.463 e. The van der Waals surface area contributed by atoms with Crippen LogP contribution in [0.4, 0.5) is 5.69 Å². The van der Waals surface area contributed by atoms with Crippen LogP contribution in [0.5, 0.6) is 5.75 Å². The Morgan fingerprint density at radius 3 is 2.28 bits per heavy atom. The van der Waals surface area contributed by atoms with Gasteiger partial charge >= 0.3 is 0 Å². The zero-order valence-corrected chi connectivity index (χ0v) is 13.9. The van der Waals surface area contributed by atoms with Gasteiger partial charge in [0, 0.05) is 19.5 Å². The molecule has 5 atom stereocenters. The van der Waals surface area contributed by atoms with Gasteiger partial charge in [0.05, 0.1) is 6.61 Å². The highest BCUT2D eigenvalue weighted by molar-refractivity contribution is 5.88. The highest BCUT2D eigenvalue weighted by Gasteiger charge is 2.46.